The largest absolute Gasteiger partial charge is 0.508 e. The third-order valence-electron chi connectivity index (χ3n) is 3.49. The monoisotopic (exact) mass is 270 g/mol. The molecule has 0 aromatic heterocycles. The first-order valence-corrected chi connectivity index (χ1v) is 6.91. The summed E-state index contributed by atoms with van der Waals surface area (Å²) < 4.78 is 0. The third kappa shape index (κ3) is 3.86. The van der Waals surface area contributed by atoms with Crippen molar-refractivity contribution in [2.45, 2.75) is 38.1 Å². The van der Waals surface area contributed by atoms with Crippen LogP contribution in [0.25, 0.3) is 6.08 Å². The Kier molecular flexibility index (Phi) is 4.78. The summed E-state index contributed by atoms with van der Waals surface area (Å²) in [6, 6.07) is 8.59. The van der Waals surface area contributed by atoms with Crippen molar-refractivity contribution in [3.8, 4) is 11.8 Å². The van der Waals surface area contributed by atoms with Gasteiger partial charge >= 0.3 is 0 Å². The number of carbonyl (C=O) groups excluding carboxylic acids is 1. The molecule has 0 bridgehead atoms. The van der Waals surface area contributed by atoms with E-state index in [1.54, 1.807) is 18.2 Å². The Morgan fingerprint density at radius 3 is 2.75 bits per heavy atom. The highest BCUT2D eigenvalue weighted by Crippen LogP contribution is 2.18. The second kappa shape index (κ2) is 6.76. The number of phenolic OH excluding ortho intramolecular Hbond substituents is 1. The standard InChI is InChI=1S/C16H18N2O2/c17-11-13(9-12-5-4-8-15(19)10-12)16(20)18-14-6-2-1-3-7-14/h4-5,8-10,14,19H,1-3,6-7H2,(H,18,20)/b13-9+. The molecule has 4 nitrogen and oxygen atoms in total. The van der Waals surface area contributed by atoms with Gasteiger partial charge in [0.15, 0.2) is 0 Å². The van der Waals surface area contributed by atoms with Crippen LogP contribution in [0.2, 0.25) is 0 Å². The highest BCUT2D eigenvalue weighted by atomic mass is 16.3. The zero-order valence-electron chi connectivity index (χ0n) is 11.3. The maximum absolute atomic E-state index is 12.1. The van der Waals surface area contributed by atoms with Gasteiger partial charge in [-0.3, -0.25) is 4.79 Å². The first-order valence-electron chi connectivity index (χ1n) is 6.91. The number of nitrogens with one attached hydrogen (secondary N) is 1. The SMILES string of the molecule is N#C/C(=C\c1cccc(O)c1)C(=O)NC1CCCCC1. The molecule has 0 radical (unpaired) electrons. The predicted octanol–water partition coefficient (Wildman–Crippen LogP) is 2.75. The summed E-state index contributed by atoms with van der Waals surface area (Å²) in [5, 5.41) is 21.4. The van der Waals surface area contributed by atoms with E-state index in [2.05, 4.69) is 5.32 Å². The minimum atomic E-state index is -0.331. The molecule has 0 saturated heterocycles. The number of nitrogens with zero attached hydrogens (tertiary/aromatic N) is 1. The Balaban J connectivity index is 2.07. The summed E-state index contributed by atoms with van der Waals surface area (Å²) in [5.41, 5.74) is 0.710. The van der Waals surface area contributed by atoms with Crippen LogP contribution in [0, 0.1) is 11.3 Å². The molecule has 2 rings (SSSR count). The van der Waals surface area contributed by atoms with Crippen LogP contribution >= 0.6 is 0 Å². The molecule has 0 unspecified atom stereocenters. The molecule has 20 heavy (non-hydrogen) atoms. The van der Waals surface area contributed by atoms with Crippen LogP contribution in [-0.2, 0) is 4.79 Å². The van der Waals surface area contributed by atoms with Crippen molar-refractivity contribution in [1.29, 1.82) is 5.26 Å². The molecule has 4 heteroatoms. The highest BCUT2D eigenvalue weighted by molar-refractivity contribution is 6.01. The summed E-state index contributed by atoms with van der Waals surface area (Å²) in [6.07, 6.45) is 6.94. The van der Waals surface area contributed by atoms with Crippen LogP contribution in [0.15, 0.2) is 29.8 Å². The molecule has 1 amide bonds. The van der Waals surface area contributed by atoms with E-state index in [0.29, 0.717) is 5.56 Å². The molecule has 0 spiro atoms. The van der Waals surface area contributed by atoms with Crippen molar-refractivity contribution < 1.29 is 9.90 Å². The molecule has 2 N–H and O–H groups in total. The average Bonchev–Trinajstić information content (AvgIpc) is 2.46. The fourth-order valence-corrected chi connectivity index (χ4v) is 2.44. The second-order valence-corrected chi connectivity index (χ2v) is 5.07. The van der Waals surface area contributed by atoms with Gasteiger partial charge in [-0.2, -0.15) is 5.26 Å². The van der Waals surface area contributed by atoms with E-state index >= 15 is 0 Å². The third-order valence-corrected chi connectivity index (χ3v) is 3.49. The van der Waals surface area contributed by atoms with E-state index in [-0.39, 0.29) is 23.3 Å². The maximum atomic E-state index is 12.1. The number of nitriles is 1. The molecule has 1 aromatic carbocycles. The van der Waals surface area contributed by atoms with Crippen LogP contribution in [0.3, 0.4) is 0 Å². The van der Waals surface area contributed by atoms with E-state index < -0.39 is 0 Å². The van der Waals surface area contributed by atoms with Gasteiger partial charge in [-0.05, 0) is 36.6 Å². The van der Waals surface area contributed by atoms with Crippen LogP contribution in [0.5, 0.6) is 5.75 Å². The number of rotatable bonds is 3. The quantitative estimate of drug-likeness (QED) is 0.655. The van der Waals surface area contributed by atoms with Crippen molar-refractivity contribution in [2.75, 3.05) is 0 Å². The fraction of sp³-hybridized carbons (Fsp3) is 0.375. The van der Waals surface area contributed by atoms with Gasteiger partial charge in [0.25, 0.3) is 5.91 Å². The summed E-state index contributed by atoms with van der Waals surface area (Å²) in [4.78, 5) is 12.1. The van der Waals surface area contributed by atoms with Gasteiger partial charge in [-0.25, -0.2) is 0 Å². The molecule has 0 heterocycles. The Morgan fingerprint density at radius 1 is 1.35 bits per heavy atom. The van der Waals surface area contributed by atoms with E-state index in [4.69, 9.17) is 5.26 Å². The van der Waals surface area contributed by atoms with Gasteiger partial charge in [0.1, 0.15) is 17.4 Å². The Hall–Kier alpha value is -2.28. The topological polar surface area (TPSA) is 73.1 Å². The van der Waals surface area contributed by atoms with E-state index in [0.717, 1.165) is 25.7 Å². The number of hydrogen-bond donors (Lipinski definition) is 2. The molecule has 0 aliphatic heterocycles. The van der Waals surface area contributed by atoms with Crippen molar-refractivity contribution in [3.63, 3.8) is 0 Å². The summed E-state index contributed by atoms with van der Waals surface area (Å²) >= 11 is 0. The number of amides is 1. The van der Waals surface area contributed by atoms with Gasteiger partial charge in [0.05, 0.1) is 0 Å². The Morgan fingerprint density at radius 2 is 2.10 bits per heavy atom. The van der Waals surface area contributed by atoms with E-state index in [9.17, 15) is 9.90 Å². The van der Waals surface area contributed by atoms with Crippen LogP contribution in [0.1, 0.15) is 37.7 Å². The first kappa shape index (κ1) is 14.1. The van der Waals surface area contributed by atoms with Crippen LogP contribution < -0.4 is 5.32 Å². The molecule has 1 aliphatic rings. The lowest BCUT2D eigenvalue weighted by atomic mass is 9.95. The minimum absolute atomic E-state index is 0.0705. The molecule has 104 valence electrons. The number of hydrogen-bond acceptors (Lipinski definition) is 3. The highest BCUT2D eigenvalue weighted by Gasteiger charge is 2.17. The van der Waals surface area contributed by atoms with Gasteiger partial charge in [-0.1, -0.05) is 31.4 Å². The predicted molar refractivity (Wildman–Crippen MR) is 76.7 cm³/mol. The van der Waals surface area contributed by atoms with Crippen molar-refractivity contribution in [3.05, 3.63) is 35.4 Å². The summed E-state index contributed by atoms with van der Waals surface area (Å²) in [6.45, 7) is 0. The van der Waals surface area contributed by atoms with Gasteiger partial charge in [0.2, 0.25) is 0 Å². The normalized spacial score (nSPS) is 16.4. The van der Waals surface area contributed by atoms with Gasteiger partial charge in [-0.15, -0.1) is 0 Å². The van der Waals surface area contributed by atoms with Crippen molar-refractivity contribution >= 4 is 12.0 Å². The average molecular weight is 270 g/mol. The smallest absolute Gasteiger partial charge is 0.262 e. The molecule has 0 atom stereocenters. The van der Waals surface area contributed by atoms with Crippen molar-refractivity contribution in [2.24, 2.45) is 0 Å². The van der Waals surface area contributed by atoms with Crippen LogP contribution in [-0.4, -0.2) is 17.1 Å². The lowest BCUT2D eigenvalue weighted by molar-refractivity contribution is -0.117. The van der Waals surface area contributed by atoms with E-state index in [1.807, 2.05) is 6.07 Å². The Bertz CT molecular complexity index is 552. The number of aromatic hydroxyl groups is 1. The number of benzene rings is 1. The van der Waals surface area contributed by atoms with E-state index in [1.165, 1.54) is 18.6 Å². The molecule has 1 aliphatic carbocycles. The zero-order chi connectivity index (χ0) is 14.4. The second-order valence-electron chi connectivity index (χ2n) is 5.07. The lowest BCUT2D eigenvalue weighted by Gasteiger charge is -2.22. The molecular formula is C16H18N2O2. The minimum Gasteiger partial charge on any atom is -0.508 e. The number of carbonyl (C=O) groups is 1. The molecule has 1 aromatic rings. The fourth-order valence-electron chi connectivity index (χ4n) is 2.44. The molecule has 1 fully saturated rings. The van der Waals surface area contributed by atoms with Crippen LogP contribution in [0.4, 0.5) is 0 Å². The summed E-state index contributed by atoms with van der Waals surface area (Å²) in [7, 11) is 0. The van der Waals surface area contributed by atoms with Gasteiger partial charge in [0, 0.05) is 6.04 Å². The van der Waals surface area contributed by atoms with Gasteiger partial charge < -0.3 is 10.4 Å². The Labute approximate surface area is 118 Å². The molecular weight excluding hydrogens is 252 g/mol. The number of phenols is 1. The zero-order valence-corrected chi connectivity index (χ0v) is 11.3. The first-order chi connectivity index (χ1) is 9.69. The summed E-state index contributed by atoms with van der Waals surface area (Å²) in [5.74, 6) is -0.216. The van der Waals surface area contributed by atoms with Crippen molar-refractivity contribution in [1.82, 2.24) is 5.32 Å². The lowest BCUT2D eigenvalue weighted by Crippen LogP contribution is -2.36. The molecule has 1 saturated carbocycles. The maximum Gasteiger partial charge on any atom is 0.262 e.